The third kappa shape index (κ3) is 5.37. The molecule has 0 radical (unpaired) electrons. The molecule has 0 saturated heterocycles. The molecule has 1 atom stereocenters. The van der Waals surface area contributed by atoms with E-state index in [9.17, 15) is 9.59 Å². The van der Waals surface area contributed by atoms with Crippen LogP contribution in [0.25, 0.3) is 11.0 Å². The molecule has 0 bridgehead atoms. The highest BCUT2D eigenvalue weighted by Crippen LogP contribution is 2.35. The molecule has 4 rings (SSSR count). The maximum absolute atomic E-state index is 12.7. The number of fused-ring (bicyclic) bond motifs is 2. The van der Waals surface area contributed by atoms with Gasteiger partial charge in [-0.25, -0.2) is 9.48 Å². The van der Waals surface area contributed by atoms with Crippen LogP contribution in [0, 0.1) is 6.92 Å². The first-order valence-corrected chi connectivity index (χ1v) is 12.7. The number of hydrogen-bond acceptors (Lipinski definition) is 6. The van der Waals surface area contributed by atoms with Crippen molar-refractivity contribution in [1.82, 2.24) is 19.9 Å². The molecule has 1 aromatic heterocycles. The second-order valence-corrected chi connectivity index (χ2v) is 10.3. The molecular weight excluding hydrogens is 456 g/mol. The fraction of sp³-hybridized carbons (Fsp3) is 0.500. The van der Waals surface area contributed by atoms with E-state index in [2.05, 4.69) is 34.6 Å². The summed E-state index contributed by atoms with van der Waals surface area (Å²) in [5.41, 5.74) is 6.62. The van der Waals surface area contributed by atoms with Gasteiger partial charge in [-0.05, 0) is 81.8 Å². The van der Waals surface area contributed by atoms with Gasteiger partial charge in [0.05, 0.1) is 18.5 Å². The molecule has 1 amide bonds. The Morgan fingerprint density at radius 1 is 1.11 bits per heavy atom. The number of aromatic nitrogens is 3. The standard InChI is InChI=1S/C28H36N4O4/c1-7-32-24-12-11-22(18(3)26(24)29-30-32)23(16-25(33)35-8-2)20-10-9-19-13-14-31(17-21(19)15-20)27(34)36-28(4,5)6/h9-12,15,23H,7-8,13-14,16-17H2,1-6H3/t23-/m0/s1. The van der Waals surface area contributed by atoms with Crippen molar-refractivity contribution in [3.8, 4) is 0 Å². The smallest absolute Gasteiger partial charge is 0.410 e. The van der Waals surface area contributed by atoms with E-state index in [1.54, 1.807) is 4.90 Å². The lowest BCUT2D eigenvalue weighted by molar-refractivity contribution is -0.143. The fourth-order valence-corrected chi connectivity index (χ4v) is 4.86. The fourth-order valence-electron chi connectivity index (χ4n) is 4.86. The van der Waals surface area contributed by atoms with Crippen molar-refractivity contribution in [2.45, 2.75) is 79.0 Å². The molecule has 36 heavy (non-hydrogen) atoms. The maximum atomic E-state index is 12.7. The molecule has 2 aromatic carbocycles. The molecule has 8 nitrogen and oxygen atoms in total. The third-order valence-electron chi connectivity index (χ3n) is 6.63. The summed E-state index contributed by atoms with van der Waals surface area (Å²) in [7, 11) is 0. The summed E-state index contributed by atoms with van der Waals surface area (Å²) in [5.74, 6) is -0.449. The summed E-state index contributed by atoms with van der Waals surface area (Å²) in [4.78, 5) is 27.1. The highest BCUT2D eigenvalue weighted by Gasteiger charge is 2.28. The normalized spacial score (nSPS) is 14.4. The minimum absolute atomic E-state index is 0.206. The lowest BCUT2D eigenvalue weighted by Gasteiger charge is -2.32. The van der Waals surface area contributed by atoms with Gasteiger partial charge in [-0.15, -0.1) is 5.10 Å². The molecule has 8 heteroatoms. The number of benzene rings is 2. The lowest BCUT2D eigenvalue weighted by atomic mass is 9.83. The van der Waals surface area contributed by atoms with Crippen LogP contribution < -0.4 is 0 Å². The SMILES string of the molecule is CCOC(=O)C[C@@H](c1ccc2c(c1)CN(C(=O)OC(C)(C)C)CC2)c1ccc2c(nnn2CC)c1C. The van der Waals surface area contributed by atoms with E-state index in [4.69, 9.17) is 9.47 Å². The second-order valence-electron chi connectivity index (χ2n) is 10.3. The number of ether oxygens (including phenoxy) is 2. The van der Waals surface area contributed by atoms with E-state index >= 15 is 0 Å². The summed E-state index contributed by atoms with van der Waals surface area (Å²) in [6, 6.07) is 10.4. The number of nitrogens with zero attached hydrogens (tertiary/aromatic N) is 4. The van der Waals surface area contributed by atoms with Crippen LogP contribution >= 0.6 is 0 Å². The topological polar surface area (TPSA) is 86.6 Å². The van der Waals surface area contributed by atoms with Crippen molar-refractivity contribution in [3.63, 3.8) is 0 Å². The largest absolute Gasteiger partial charge is 0.466 e. The van der Waals surface area contributed by atoms with Crippen LogP contribution in [0.1, 0.15) is 74.8 Å². The summed E-state index contributed by atoms with van der Waals surface area (Å²) >= 11 is 0. The quantitative estimate of drug-likeness (QED) is 0.443. The van der Waals surface area contributed by atoms with Gasteiger partial charge >= 0.3 is 12.1 Å². The van der Waals surface area contributed by atoms with E-state index in [1.165, 1.54) is 5.56 Å². The van der Waals surface area contributed by atoms with Crippen LogP contribution in [-0.2, 0) is 33.8 Å². The number of rotatable bonds is 6. The summed E-state index contributed by atoms with van der Waals surface area (Å²) in [5, 5.41) is 8.68. The van der Waals surface area contributed by atoms with Crippen molar-refractivity contribution < 1.29 is 19.1 Å². The van der Waals surface area contributed by atoms with Gasteiger partial charge in [-0.2, -0.15) is 0 Å². The van der Waals surface area contributed by atoms with Crippen molar-refractivity contribution in [2.24, 2.45) is 0 Å². The minimum Gasteiger partial charge on any atom is -0.466 e. The molecule has 0 fully saturated rings. The van der Waals surface area contributed by atoms with Gasteiger partial charge in [-0.1, -0.05) is 29.5 Å². The first kappa shape index (κ1) is 25.7. The zero-order valence-electron chi connectivity index (χ0n) is 22.1. The van der Waals surface area contributed by atoms with Crippen LogP contribution in [0.15, 0.2) is 30.3 Å². The van der Waals surface area contributed by atoms with Gasteiger partial charge in [0.1, 0.15) is 11.1 Å². The average Bonchev–Trinajstić information content (AvgIpc) is 3.25. The zero-order chi connectivity index (χ0) is 26.0. The molecule has 0 saturated carbocycles. The van der Waals surface area contributed by atoms with E-state index in [0.717, 1.165) is 46.3 Å². The Morgan fingerprint density at radius 3 is 2.58 bits per heavy atom. The summed E-state index contributed by atoms with van der Waals surface area (Å²) in [6.45, 7) is 13.7. The van der Waals surface area contributed by atoms with Crippen LogP contribution in [-0.4, -0.2) is 50.7 Å². The molecular formula is C28H36N4O4. The van der Waals surface area contributed by atoms with Gasteiger partial charge < -0.3 is 14.4 Å². The van der Waals surface area contributed by atoms with Gasteiger partial charge in [-0.3, -0.25) is 4.79 Å². The Kier molecular flexibility index (Phi) is 7.33. The number of amides is 1. The Labute approximate surface area is 212 Å². The van der Waals surface area contributed by atoms with Crippen LogP contribution in [0.5, 0.6) is 0 Å². The lowest BCUT2D eigenvalue weighted by Crippen LogP contribution is -2.39. The van der Waals surface area contributed by atoms with Gasteiger partial charge in [0.15, 0.2) is 0 Å². The Hall–Kier alpha value is -3.42. The third-order valence-corrected chi connectivity index (χ3v) is 6.63. The van der Waals surface area contributed by atoms with Gasteiger partial charge in [0.2, 0.25) is 0 Å². The predicted molar refractivity (Wildman–Crippen MR) is 138 cm³/mol. The van der Waals surface area contributed by atoms with E-state index in [1.807, 2.05) is 52.3 Å². The number of hydrogen-bond donors (Lipinski definition) is 0. The molecule has 0 unspecified atom stereocenters. The molecule has 0 spiro atoms. The minimum atomic E-state index is -0.542. The predicted octanol–water partition coefficient (Wildman–Crippen LogP) is 5.14. The average molecular weight is 493 g/mol. The van der Waals surface area contributed by atoms with Crippen molar-refractivity contribution in [3.05, 3.63) is 58.1 Å². The van der Waals surface area contributed by atoms with Crippen LogP contribution in [0.4, 0.5) is 4.79 Å². The maximum Gasteiger partial charge on any atom is 0.410 e. The Bertz CT molecular complexity index is 1270. The monoisotopic (exact) mass is 492 g/mol. The molecule has 3 aromatic rings. The molecule has 1 aliphatic rings. The van der Waals surface area contributed by atoms with Crippen molar-refractivity contribution in [2.75, 3.05) is 13.2 Å². The number of esters is 1. The first-order valence-electron chi connectivity index (χ1n) is 12.7. The molecule has 192 valence electrons. The molecule has 2 heterocycles. The molecule has 1 aliphatic heterocycles. The number of aryl methyl sites for hydroxylation is 2. The van der Waals surface area contributed by atoms with Gasteiger partial charge in [0, 0.05) is 25.6 Å². The van der Waals surface area contributed by atoms with Crippen molar-refractivity contribution in [1.29, 1.82) is 0 Å². The summed E-state index contributed by atoms with van der Waals surface area (Å²) < 4.78 is 12.8. The Morgan fingerprint density at radius 2 is 1.89 bits per heavy atom. The zero-order valence-corrected chi connectivity index (χ0v) is 22.1. The van der Waals surface area contributed by atoms with E-state index < -0.39 is 5.60 Å². The molecule has 0 N–H and O–H groups in total. The van der Waals surface area contributed by atoms with E-state index in [0.29, 0.717) is 19.7 Å². The number of carbonyl (C=O) groups excluding carboxylic acids is 2. The van der Waals surface area contributed by atoms with Crippen molar-refractivity contribution >= 4 is 23.1 Å². The number of carbonyl (C=O) groups is 2. The first-order chi connectivity index (χ1) is 17.1. The Balaban J connectivity index is 1.71. The summed E-state index contributed by atoms with van der Waals surface area (Å²) in [6.07, 6.45) is 0.682. The van der Waals surface area contributed by atoms with Gasteiger partial charge in [0.25, 0.3) is 0 Å². The van der Waals surface area contributed by atoms with Crippen LogP contribution in [0.2, 0.25) is 0 Å². The molecule has 0 aliphatic carbocycles. The highest BCUT2D eigenvalue weighted by atomic mass is 16.6. The van der Waals surface area contributed by atoms with E-state index in [-0.39, 0.29) is 24.4 Å². The highest BCUT2D eigenvalue weighted by molar-refractivity contribution is 5.80. The second kappa shape index (κ2) is 10.3. The van der Waals surface area contributed by atoms with Crippen LogP contribution in [0.3, 0.4) is 0 Å².